The van der Waals surface area contributed by atoms with Crippen molar-refractivity contribution in [3.05, 3.63) is 29.3 Å². The Morgan fingerprint density at radius 1 is 1.42 bits per heavy atom. The van der Waals surface area contributed by atoms with Gasteiger partial charge in [-0.25, -0.2) is 0 Å². The molecule has 1 aliphatic carbocycles. The number of rotatable bonds is 2. The van der Waals surface area contributed by atoms with Gasteiger partial charge in [-0.2, -0.15) is 0 Å². The third kappa shape index (κ3) is 1.92. The van der Waals surface area contributed by atoms with Crippen molar-refractivity contribution in [1.29, 1.82) is 0 Å². The molecule has 1 heterocycles. The standard InChI is InChI=1S/C16H21NO2/c1-3-15(18)17-10-9-12-13(17)8-7-11-5-4-6-14(19-2)16(11)12/h4-6,12-13H,3,7-10H2,1-2H3/t12-,13-/m0/s1. The highest BCUT2D eigenvalue weighted by Crippen LogP contribution is 2.45. The second kappa shape index (κ2) is 4.87. The first kappa shape index (κ1) is 12.5. The van der Waals surface area contributed by atoms with Crippen LogP contribution in [-0.4, -0.2) is 30.5 Å². The number of aryl methyl sites for hydroxylation is 1. The third-order valence-corrected chi connectivity index (χ3v) is 4.63. The Bertz CT molecular complexity index is 483. The molecule has 1 aliphatic heterocycles. The van der Waals surface area contributed by atoms with Gasteiger partial charge in [0, 0.05) is 30.5 Å². The van der Waals surface area contributed by atoms with Crippen LogP contribution < -0.4 is 4.74 Å². The van der Waals surface area contributed by atoms with Gasteiger partial charge >= 0.3 is 0 Å². The molecule has 1 fully saturated rings. The maximum absolute atomic E-state index is 12.0. The summed E-state index contributed by atoms with van der Waals surface area (Å²) in [5.74, 6) is 1.76. The Kier molecular flexibility index (Phi) is 3.21. The fourth-order valence-corrected chi connectivity index (χ4v) is 3.77. The van der Waals surface area contributed by atoms with Crippen LogP contribution in [0.4, 0.5) is 0 Å². The number of carbonyl (C=O) groups is 1. The molecule has 3 rings (SSSR count). The third-order valence-electron chi connectivity index (χ3n) is 4.63. The van der Waals surface area contributed by atoms with Gasteiger partial charge in [0.2, 0.25) is 5.91 Å². The number of hydrogen-bond acceptors (Lipinski definition) is 2. The molecule has 0 spiro atoms. The van der Waals surface area contributed by atoms with Crippen molar-refractivity contribution in [3.63, 3.8) is 0 Å². The number of amides is 1. The van der Waals surface area contributed by atoms with E-state index < -0.39 is 0 Å². The molecule has 0 radical (unpaired) electrons. The molecule has 102 valence electrons. The normalized spacial score (nSPS) is 24.8. The van der Waals surface area contributed by atoms with Gasteiger partial charge in [-0.3, -0.25) is 4.79 Å². The number of methoxy groups -OCH3 is 1. The quantitative estimate of drug-likeness (QED) is 0.817. The van der Waals surface area contributed by atoms with Gasteiger partial charge in [-0.1, -0.05) is 19.1 Å². The number of fused-ring (bicyclic) bond motifs is 3. The summed E-state index contributed by atoms with van der Waals surface area (Å²) in [6, 6.07) is 6.71. The molecule has 1 aromatic rings. The number of carbonyl (C=O) groups excluding carboxylic acids is 1. The lowest BCUT2D eigenvalue weighted by atomic mass is 9.79. The maximum atomic E-state index is 12.0. The summed E-state index contributed by atoms with van der Waals surface area (Å²) in [6.45, 7) is 2.85. The zero-order valence-electron chi connectivity index (χ0n) is 11.7. The largest absolute Gasteiger partial charge is 0.496 e. The van der Waals surface area contributed by atoms with Crippen LogP contribution in [0, 0.1) is 0 Å². The number of ether oxygens (including phenoxy) is 1. The van der Waals surface area contributed by atoms with Gasteiger partial charge < -0.3 is 9.64 Å². The summed E-state index contributed by atoms with van der Waals surface area (Å²) in [6.07, 6.45) is 3.84. The van der Waals surface area contributed by atoms with E-state index >= 15 is 0 Å². The van der Waals surface area contributed by atoms with Crippen molar-refractivity contribution >= 4 is 5.91 Å². The van der Waals surface area contributed by atoms with Crippen LogP contribution in [0.2, 0.25) is 0 Å². The van der Waals surface area contributed by atoms with E-state index in [2.05, 4.69) is 17.0 Å². The lowest BCUT2D eigenvalue weighted by Gasteiger charge is -2.34. The molecule has 2 atom stereocenters. The molecule has 0 aromatic heterocycles. The average molecular weight is 259 g/mol. The van der Waals surface area contributed by atoms with E-state index in [1.807, 2.05) is 13.0 Å². The van der Waals surface area contributed by atoms with Crippen LogP contribution in [0.25, 0.3) is 0 Å². The number of benzene rings is 1. The van der Waals surface area contributed by atoms with Crippen molar-refractivity contribution in [2.45, 2.75) is 44.6 Å². The Hall–Kier alpha value is -1.51. The summed E-state index contributed by atoms with van der Waals surface area (Å²) in [7, 11) is 1.74. The highest BCUT2D eigenvalue weighted by Gasteiger charge is 2.41. The van der Waals surface area contributed by atoms with E-state index in [0.29, 0.717) is 24.3 Å². The van der Waals surface area contributed by atoms with Crippen LogP contribution in [0.1, 0.15) is 43.2 Å². The molecule has 3 heteroatoms. The smallest absolute Gasteiger partial charge is 0.222 e. The molecular formula is C16H21NO2. The molecule has 19 heavy (non-hydrogen) atoms. The molecule has 1 saturated heterocycles. The van der Waals surface area contributed by atoms with Gasteiger partial charge in [0.05, 0.1) is 7.11 Å². The topological polar surface area (TPSA) is 29.5 Å². The van der Waals surface area contributed by atoms with Crippen molar-refractivity contribution in [1.82, 2.24) is 4.90 Å². The van der Waals surface area contributed by atoms with E-state index in [9.17, 15) is 4.79 Å². The van der Waals surface area contributed by atoms with Crippen LogP contribution in [0.15, 0.2) is 18.2 Å². The molecule has 0 unspecified atom stereocenters. The molecule has 0 N–H and O–H groups in total. The first-order chi connectivity index (χ1) is 9.26. The van der Waals surface area contributed by atoms with Gasteiger partial charge in [0.15, 0.2) is 0 Å². The molecule has 1 amide bonds. The fourth-order valence-electron chi connectivity index (χ4n) is 3.77. The first-order valence-corrected chi connectivity index (χ1v) is 7.21. The first-order valence-electron chi connectivity index (χ1n) is 7.21. The molecule has 0 bridgehead atoms. The minimum atomic E-state index is 0.297. The second-order valence-electron chi connectivity index (χ2n) is 5.47. The number of likely N-dealkylation sites (tertiary alicyclic amines) is 1. The van der Waals surface area contributed by atoms with E-state index in [4.69, 9.17) is 4.74 Å². The summed E-state index contributed by atoms with van der Waals surface area (Å²) in [5, 5.41) is 0. The van der Waals surface area contributed by atoms with E-state index in [0.717, 1.165) is 31.6 Å². The predicted octanol–water partition coefficient (Wildman–Crippen LogP) is 2.74. The van der Waals surface area contributed by atoms with E-state index in [1.165, 1.54) is 11.1 Å². The van der Waals surface area contributed by atoms with E-state index in [1.54, 1.807) is 7.11 Å². The van der Waals surface area contributed by atoms with Crippen molar-refractivity contribution < 1.29 is 9.53 Å². The Balaban J connectivity index is 1.97. The lowest BCUT2D eigenvalue weighted by Crippen LogP contribution is -2.39. The Labute approximate surface area is 114 Å². The summed E-state index contributed by atoms with van der Waals surface area (Å²) in [4.78, 5) is 14.1. The lowest BCUT2D eigenvalue weighted by molar-refractivity contribution is -0.131. The zero-order chi connectivity index (χ0) is 13.4. The molecule has 3 nitrogen and oxygen atoms in total. The summed E-state index contributed by atoms with van der Waals surface area (Å²) < 4.78 is 5.54. The van der Waals surface area contributed by atoms with Crippen LogP contribution in [0.5, 0.6) is 5.75 Å². The van der Waals surface area contributed by atoms with Crippen LogP contribution in [-0.2, 0) is 11.2 Å². The highest BCUT2D eigenvalue weighted by atomic mass is 16.5. The summed E-state index contributed by atoms with van der Waals surface area (Å²) in [5.41, 5.74) is 2.76. The minimum absolute atomic E-state index is 0.297. The average Bonchev–Trinajstić information content (AvgIpc) is 2.89. The molecular weight excluding hydrogens is 238 g/mol. The molecule has 2 aliphatic rings. The van der Waals surface area contributed by atoms with Gasteiger partial charge in [-0.05, 0) is 30.9 Å². The van der Waals surface area contributed by atoms with Crippen molar-refractivity contribution in [3.8, 4) is 5.75 Å². The van der Waals surface area contributed by atoms with Gasteiger partial charge in [0.25, 0.3) is 0 Å². The monoisotopic (exact) mass is 259 g/mol. The molecule has 1 aromatic carbocycles. The Morgan fingerprint density at radius 3 is 3.00 bits per heavy atom. The van der Waals surface area contributed by atoms with Gasteiger partial charge in [0.1, 0.15) is 5.75 Å². The second-order valence-corrected chi connectivity index (χ2v) is 5.47. The van der Waals surface area contributed by atoms with Crippen LogP contribution in [0.3, 0.4) is 0 Å². The maximum Gasteiger partial charge on any atom is 0.222 e. The predicted molar refractivity (Wildman–Crippen MR) is 74.5 cm³/mol. The van der Waals surface area contributed by atoms with Crippen molar-refractivity contribution in [2.75, 3.05) is 13.7 Å². The molecule has 0 saturated carbocycles. The fraction of sp³-hybridized carbons (Fsp3) is 0.562. The summed E-state index contributed by atoms with van der Waals surface area (Å²) >= 11 is 0. The number of hydrogen-bond donors (Lipinski definition) is 0. The van der Waals surface area contributed by atoms with Crippen molar-refractivity contribution in [2.24, 2.45) is 0 Å². The van der Waals surface area contributed by atoms with E-state index in [-0.39, 0.29) is 0 Å². The van der Waals surface area contributed by atoms with Gasteiger partial charge in [-0.15, -0.1) is 0 Å². The van der Waals surface area contributed by atoms with Crippen LogP contribution >= 0.6 is 0 Å². The SMILES string of the molecule is CCC(=O)N1CC[C@@H]2c3c(cccc3OC)CC[C@@H]21. The zero-order valence-corrected chi connectivity index (χ0v) is 11.7. The number of nitrogens with zero attached hydrogens (tertiary/aromatic N) is 1. The Morgan fingerprint density at radius 2 is 2.26 bits per heavy atom. The minimum Gasteiger partial charge on any atom is -0.496 e. The highest BCUT2D eigenvalue weighted by molar-refractivity contribution is 5.77.